The van der Waals surface area contributed by atoms with Gasteiger partial charge in [-0.3, -0.25) is 9.69 Å². The number of methoxy groups -OCH3 is 1. The van der Waals surface area contributed by atoms with Gasteiger partial charge in [-0.1, -0.05) is 19.1 Å². The maximum atomic E-state index is 13.0. The van der Waals surface area contributed by atoms with Crippen LogP contribution >= 0.6 is 0 Å². The van der Waals surface area contributed by atoms with Crippen LogP contribution in [0.15, 0.2) is 12.2 Å². The minimum absolute atomic E-state index is 0.164. The van der Waals surface area contributed by atoms with Crippen molar-refractivity contribution in [1.82, 2.24) is 9.80 Å². The minimum atomic E-state index is -0.223. The molecule has 22 heavy (non-hydrogen) atoms. The molecule has 3 aliphatic rings. The van der Waals surface area contributed by atoms with Crippen LogP contribution in [0.2, 0.25) is 0 Å². The predicted molar refractivity (Wildman–Crippen MR) is 84.7 cm³/mol. The highest BCUT2D eigenvalue weighted by Gasteiger charge is 2.45. The van der Waals surface area contributed by atoms with E-state index >= 15 is 0 Å². The summed E-state index contributed by atoms with van der Waals surface area (Å²) >= 11 is 0. The van der Waals surface area contributed by atoms with Crippen molar-refractivity contribution < 1.29 is 14.3 Å². The summed E-state index contributed by atoms with van der Waals surface area (Å²) in [5.74, 6) is 0.307. The zero-order valence-electron chi connectivity index (χ0n) is 13.8. The lowest BCUT2D eigenvalue weighted by atomic mass is 9.78. The fourth-order valence-corrected chi connectivity index (χ4v) is 3.95. The molecule has 0 saturated carbocycles. The van der Waals surface area contributed by atoms with E-state index in [1.807, 2.05) is 4.90 Å². The standard InChI is InChI=1S/C17H28N2O3/c1-17(6-4-3-5-7-17)16(20)19-12-14-15(13-19)22-11-9-18(14)8-10-21-2/h3-4,14-15H,5-13H2,1-2H3/t14-,15+,17?/m1/s1. The molecule has 1 amide bonds. The maximum Gasteiger partial charge on any atom is 0.228 e. The fraction of sp³-hybridized carbons (Fsp3) is 0.824. The molecule has 3 atom stereocenters. The SMILES string of the molecule is COCCN1CCO[C@H]2CN(C(=O)C3(C)CC=CCC3)C[C@H]21. The van der Waals surface area contributed by atoms with Gasteiger partial charge in [-0.05, 0) is 19.3 Å². The van der Waals surface area contributed by atoms with Crippen LogP contribution < -0.4 is 0 Å². The van der Waals surface area contributed by atoms with E-state index in [0.717, 1.165) is 58.7 Å². The zero-order valence-corrected chi connectivity index (χ0v) is 13.8. The number of fused-ring (bicyclic) bond motifs is 1. The van der Waals surface area contributed by atoms with Gasteiger partial charge >= 0.3 is 0 Å². The van der Waals surface area contributed by atoms with Gasteiger partial charge in [-0.15, -0.1) is 0 Å². The summed E-state index contributed by atoms with van der Waals surface area (Å²) in [6.07, 6.45) is 7.35. The topological polar surface area (TPSA) is 42.0 Å². The first-order valence-electron chi connectivity index (χ1n) is 8.43. The van der Waals surface area contributed by atoms with E-state index in [9.17, 15) is 4.79 Å². The number of carbonyl (C=O) groups is 1. The van der Waals surface area contributed by atoms with E-state index in [1.165, 1.54) is 0 Å². The third-order valence-electron chi connectivity index (χ3n) is 5.40. The molecule has 2 saturated heterocycles. The van der Waals surface area contributed by atoms with Crippen molar-refractivity contribution >= 4 is 5.91 Å². The fourth-order valence-electron chi connectivity index (χ4n) is 3.95. The van der Waals surface area contributed by atoms with Crippen LogP contribution in [0.4, 0.5) is 0 Å². The molecule has 0 spiro atoms. The van der Waals surface area contributed by atoms with Gasteiger partial charge in [0.25, 0.3) is 0 Å². The van der Waals surface area contributed by atoms with Crippen molar-refractivity contribution in [3.05, 3.63) is 12.2 Å². The van der Waals surface area contributed by atoms with E-state index in [4.69, 9.17) is 9.47 Å². The Labute approximate surface area is 133 Å². The summed E-state index contributed by atoms with van der Waals surface area (Å²) in [7, 11) is 1.74. The number of nitrogens with zero attached hydrogens (tertiary/aromatic N) is 2. The van der Waals surface area contributed by atoms with Gasteiger partial charge in [0, 0.05) is 33.3 Å². The molecule has 124 valence electrons. The number of morpholine rings is 1. The third-order valence-corrected chi connectivity index (χ3v) is 5.40. The highest BCUT2D eigenvalue weighted by Crippen LogP contribution is 2.36. The van der Waals surface area contributed by atoms with Crippen molar-refractivity contribution in [3.63, 3.8) is 0 Å². The summed E-state index contributed by atoms with van der Waals surface area (Å²) in [4.78, 5) is 17.4. The Morgan fingerprint density at radius 3 is 3.00 bits per heavy atom. The molecule has 1 aliphatic carbocycles. The maximum absolute atomic E-state index is 13.0. The first-order chi connectivity index (χ1) is 10.6. The summed E-state index contributed by atoms with van der Waals surface area (Å²) < 4.78 is 11.1. The van der Waals surface area contributed by atoms with Gasteiger partial charge in [-0.25, -0.2) is 0 Å². The van der Waals surface area contributed by atoms with Gasteiger partial charge in [0.15, 0.2) is 0 Å². The summed E-state index contributed by atoms with van der Waals surface area (Å²) in [5, 5.41) is 0. The van der Waals surface area contributed by atoms with Crippen LogP contribution in [0.3, 0.4) is 0 Å². The number of carbonyl (C=O) groups excluding carboxylic acids is 1. The van der Waals surface area contributed by atoms with Crippen LogP contribution in [0.1, 0.15) is 26.2 Å². The smallest absolute Gasteiger partial charge is 0.228 e. The van der Waals surface area contributed by atoms with Gasteiger partial charge < -0.3 is 14.4 Å². The lowest BCUT2D eigenvalue weighted by Gasteiger charge is -2.36. The van der Waals surface area contributed by atoms with E-state index < -0.39 is 0 Å². The molecular formula is C17H28N2O3. The molecule has 5 nitrogen and oxygen atoms in total. The first-order valence-corrected chi connectivity index (χ1v) is 8.43. The molecule has 2 aliphatic heterocycles. The number of rotatable bonds is 4. The molecule has 1 unspecified atom stereocenters. The summed E-state index contributed by atoms with van der Waals surface area (Å²) in [6.45, 7) is 7.01. The average Bonchev–Trinajstić information content (AvgIpc) is 2.97. The number of hydrogen-bond acceptors (Lipinski definition) is 4. The van der Waals surface area contributed by atoms with Crippen molar-refractivity contribution in [2.24, 2.45) is 5.41 Å². The Bertz CT molecular complexity index is 440. The molecule has 0 aromatic carbocycles. The molecule has 5 heteroatoms. The van der Waals surface area contributed by atoms with Crippen LogP contribution in [0.5, 0.6) is 0 Å². The van der Waals surface area contributed by atoms with E-state index in [-0.39, 0.29) is 11.5 Å². The van der Waals surface area contributed by atoms with Crippen LogP contribution in [-0.4, -0.2) is 74.4 Å². The normalized spacial score (nSPS) is 35.6. The molecule has 0 aromatic rings. The van der Waals surface area contributed by atoms with Gasteiger partial charge in [0.2, 0.25) is 5.91 Å². The Hall–Kier alpha value is -0.910. The Kier molecular flexibility index (Phi) is 4.85. The van der Waals surface area contributed by atoms with E-state index in [0.29, 0.717) is 11.9 Å². The van der Waals surface area contributed by atoms with Crippen molar-refractivity contribution in [1.29, 1.82) is 0 Å². The van der Waals surface area contributed by atoms with Crippen LogP contribution in [0, 0.1) is 5.41 Å². The molecule has 0 bridgehead atoms. The Balaban J connectivity index is 1.65. The molecule has 0 N–H and O–H groups in total. The van der Waals surface area contributed by atoms with Crippen molar-refractivity contribution in [2.75, 3.05) is 46.5 Å². The van der Waals surface area contributed by atoms with Gasteiger partial charge in [0.05, 0.1) is 30.8 Å². The van der Waals surface area contributed by atoms with E-state index in [1.54, 1.807) is 7.11 Å². The molecule has 0 aromatic heterocycles. The first kappa shape index (κ1) is 16.0. The van der Waals surface area contributed by atoms with Gasteiger partial charge in [-0.2, -0.15) is 0 Å². The zero-order chi connectivity index (χ0) is 15.6. The van der Waals surface area contributed by atoms with Crippen LogP contribution in [0.25, 0.3) is 0 Å². The molecular weight excluding hydrogens is 280 g/mol. The molecule has 2 fully saturated rings. The highest BCUT2D eigenvalue weighted by atomic mass is 16.5. The minimum Gasteiger partial charge on any atom is -0.383 e. The summed E-state index contributed by atoms with van der Waals surface area (Å²) in [5.41, 5.74) is -0.223. The number of ether oxygens (including phenoxy) is 2. The van der Waals surface area contributed by atoms with E-state index in [2.05, 4.69) is 24.0 Å². The number of allylic oxidation sites excluding steroid dienone is 2. The van der Waals surface area contributed by atoms with Gasteiger partial charge in [0.1, 0.15) is 0 Å². The average molecular weight is 308 g/mol. The number of amides is 1. The number of hydrogen-bond donors (Lipinski definition) is 0. The largest absolute Gasteiger partial charge is 0.383 e. The molecule has 3 rings (SSSR count). The second-order valence-electron chi connectivity index (χ2n) is 6.99. The second-order valence-corrected chi connectivity index (χ2v) is 6.99. The summed E-state index contributed by atoms with van der Waals surface area (Å²) in [6, 6.07) is 0.329. The highest BCUT2D eigenvalue weighted by molar-refractivity contribution is 5.83. The Morgan fingerprint density at radius 1 is 1.41 bits per heavy atom. The quantitative estimate of drug-likeness (QED) is 0.734. The van der Waals surface area contributed by atoms with Crippen LogP contribution in [-0.2, 0) is 14.3 Å². The Morgan fingerprint density at radius 2 is 2.27 bits per heavy atom. The lowest BCUT2D eigenvalue weighted by molar-refractivity contribution is -0.141. The molecule has 2 heterocycles. The lowest BCUT2D eigenvalue weighted by Crippen LogP contribution is -2.51. The monoisotopic (exact) mass is 308 g/mol. The second kappa shape index (κ2) is 6.69. The molecule has 0 radical (unpaired) electrons. The number of likely N-dealkylation sites (tertiary alicyclic amines) is 1. The third kappa shape index (κ3) is 3.07. The van der Waals surface area contributed by atoms with Crippen molar-refractivity contribution in [3.8, 4) is 0 Å². The predicted octanol–water partition coefficient (Wildman–Crippen LogP) is 1.29. The van der Waals surface area contributed by atoms with Crippen molar-refractivity contribution in [2.45, 2.75) is 38.3 Å².